The van der Waals surface area contributed by atoms with Gasteiger partial charge in [-0.25, -0.2) is 4.79 Å². The first-order chi connectivity index (χ1) is 16.4. The van der Waals surface area contributed by atoms with Crippen LogP contribution in [0.5, 0.6) is 11.5 Å². The number of hydrazone groups is 1. The summed E-state index contributed by atoms with van der Waals surface area (Å²) < 4.78 is 11.2. The van der Waals surface area contributed by atoms with Crippen molar-refractivity contribution in [2.75, 3.05) is 11.6 Å². The van der Waals surface area contributed by atoms with Crippen molar-refractivity contribution < 1.29 is 23.9 Å². The fraction of sp³-hybridized carbons (Fsp3) is 0.154. The molecule has 172 valence electrons. The fourth-order valence-electron chi connectivity index (χ4n) is 3.38. The summed E-state index contributed by atoms with van der Waals surface area (Å²) in [6, 6.07) is 15.3. The van der Waals surface area contributed by atoms with E-state index in [-0.39, 0.29) is 11.7 Å². The van der Waals surface area contributed by atoms with Crippen LogP contribution in [0.3, 0.4) is 0 Å². The molecule has 0 saturated carbocycles. The number of nitrogens with zero attached hydrogens (tertiary/aromatic N) is 2. The number of carbonyl (C=O) groups excluding carboxylic acids is 3. The van der Waals surface area contributed by atoms with E-state index < -0.39 is 5.97 Å². The van der Waals surface area contributed by atoms with Gasteiger partial charge in [-0.05, 0) is 80.3 Å². The van der Waals surface area contributed by atoms with Gasteiger partial charge in [0, 0.05) is 5.56 Å². The summed E-state index contributed by atoms with van der Waals surface area (Å²) in [6.45, 7) is 5.47. The van der Waals surface area contributed by atoms with Crippen LogP contribution in [0.1, 0.15) is 46.4 Å². The molecule has 0 N–H and O–H groups in total. The van der Waals surface area contributed by atoms with E-state index in [1.807, 2.05) is 6.92 Å². The number of ether oxygens (including phenoxy) is 2. The van der Waals surface area contributed by atoms with Crippen LogP contribution in [0.4, 0.5) is 5.69 Å². The van der Waals surface area contributed by atoms with E-state index in [0.29, 0.717) is 51.1 Å². The first-order valence-electron chi connectivity index (χ1n) is 10.6. The van der Waals surface area contributed by atoms with E-state index in [1.165, 1.54) is 23.3 Å². The monoisotopic (exact) mass is 474 g/mol. The van der Waals surface area contributed by atoms with E-state index >= 15 is 0 Å². The number of anilines is 1. The summed E-state index contributed by atoms with van der Waals surface area (Å²) in [7, 11) is 0. The second kappa shape index (κ2) is 9.84. The molecule has 0 saturated heterocycles. The first-order valence-corrected chi connectivity index (χ1v) is 11.5. The Labute approximate surface area is 200 Å². The quantitative estimate of drug-likeness (QED) is 0.199. The predicted octanol–water partition coefficient (Wildman–Crippen LogP) is 5.37. The minimum Gasteiger partial charge on any atom is -0.490 e. The van der Waals surface area contributed by atoms with Gasteiger partial charge in [0.15, 0.2) is 17.3 Å². The second-order valence-corrected chi connectivity index (χ2v) is 8.42. The Balaban J connectivity index is 1.58. The van der Waals surface area contributed by atoms with Crippen molar-refractivity contribution in [3.8, 4) is 11.5 Å². The van der Waals surface area contributed by atoms with Gasteiger partial charge >= 0.3 is 5.97 Å². The van der Waals surface area contributed by atoms with Gasteiger partial charge in [-0.2, -0.15) is 10.1 Å². The van der Waals surface area contributed by atoms with Crippen molar-refractivity contribution in [3.63, 3.8) is 0 Å². The Morgan fingerprint density at radius 3 is 2.50 bits per heavy atom. The maximum atomic E-state index is 13.1. The molecule has 0 bridgehead atoms. The molecule has 7 nitrogen and oxygen atoms in total. The Hall–Kier alpha value is -4.04. The van der Waals surface area contributed by atoms with Gasteiger partial charge in [0.05, 0.1) is 23.6 Å². The summed E-state index contributed by atoms with van der Waals surface area (Å²) in [5.74, 6) is -0.0768. The van der Waals surface area contributed by atoms with Crippen LogP contribution in [-0.4, -0.2) is 30.0 Å². The summed E-state index contributed by atoms with van der Waals surface area (Å²) in [6.07, 6.45) is 1.72. The maximum absolute atomic E-state index is 13.1. The SMILES string of the molecule is CCOc1cc(C=C2C(=O)N(c3ccc(C(C)=O)cc3)N=C2C)ccc1OC(=O)c1cccs1. The summed E-state index contributed by atoms with van der Waals surface area (Å²) in [5, 5.41) is 7.50. The van der Waals surface area contributed by atoms with Crippen molar-refractivity contribution in [1.29, 1.82) is 0 Å². The van der Waals surface area contributed by atoms with Crippen LogP contribution >= 0.6 is 11.3 Å². The number of Topliss-reactive ketones (excluding diaryl/α,β-unsaturated/α-hetero) is 1. The van der Waals surface area contributed by atoms with Crippen LogP contribution < -0.4 is 14.5 Å². The van der Waals surface area contributed by atoms with Crippen LogP contribution in [0, 0.1) is 0 Å². The van der Waals surface area contributed by atoms with Crippen LogP contribution in [0.25, 0.3) is 6.08 Å². The highest BCUT2D eigenvalue weighted by Crippen LogP contribution is 2.32. The van der Waals surface area contributed by atoms with Crippen LogP contribution in [0.15, 0.2) is 70.7 Å². The average molecular weight is 475 g/mol. The molecule has 0 radical (unpaired) electrons. The molecule has 0 spiro atoms. The molecule has 3 aromatic rings. The van der Waals surface area contributed by atoms with Crippen molar-refractivity contribution >= 4 is 46.5 Å². The standard InChI is InChI=1S/C26H22N2O5S/c1-4-32-23-15-18(7-12-22(23)33-26(31)24-6-5-13-34-24)14-21-16(2)27-28(25(21)30)20-10-8-19(9-11-20)17(3)29/h5-15H,4H2,1-3H3. The molecule has 0 aliphatic carbocycles. The minimum absolute atomic E-state index is 0.0471. The molecule has 1 aliphatic heterocycles. The van der Waals surface area contributed by atoms with E-state index in [0.717, 1.165) is 0 Å². The molecule has 0 atom stereocenters. The highest BCUT2D eigenvalue weighted by atomic mass is 32.1. The molecule has 0 fully saturated rings. The zero-order chi connectivity index (χ0) is 24.2. The third kappa shape index (κ3) is 4.82. The molecule has 34 heavy (non-hydrogen) atoms. The molecule has 2 heterocycles. The largest absolute Gasteiger partial charge is 0.490 e. The first kappa shape index (κ1) is 23.1. The Morgan fingerprint density at radius 1 is 1.09 bits per heavy atom. The Bertz CT molecular complexity index is 1310. The molecule has 1 aliphatic rings. The number of hydrogen-bond donors (Lipinski definition) is 0. The van der Waals surface area contributed by atoms with Crippen molar-refractivity contribution in [3.05, 3.63) is 81.6 Å². The molecule has 1 aromatic heterocycles. The highest BCUT2D eigenvalue weighted by Gasteiger charge is 2.29. The van der Waals surface area contributed by atoms with E-state index in [9.17, 15) is 14.4 Å². The zero-order valence-electron chi connectivity index (χ0n) is 18.9. The number of carbonyl (C=O) groups is 3. The minimum atomic E-state index is -0.456. The lowest BCUT2D eigenvalue weighted by atomic mass is 10.1. The summed E-state index contributed by atoms with van der Waals surface area (Å²) in [4.78, 5) is 37.4. The summed E-state index contributed by atoms with van der Waals surface area (Å²) in [5.41, 5.74) is 2.83. The molecule has 8 heteroatoms. The predicted molar refractivity (Wildman–Crippen MR) is 132 cm³/mol. The topological polar surface area (TPSA) is 85.3 Å². The van der Waals surface area contributed by atoms with Crippen molar-refractivity contribution in [2.24, 2.45) is 5.10 Å². The number of thiophene rings is 1. The lowest BCUT2D eigenvalue weighted by Gasteiger charge is -2.12. The van der Waals surface area contributed by atoms with Crippen molar-refractivity contribution in [2.45, 2.75) is 20.8 Å². The lowest BCUT2D eigenvalue weighted by Crippen LogP contribution is -2.21. The Morgan fingerprint density at radius 2 is 1.85 bits per heavy atom. The summed E-state index contributed by atoms with van der Waals surface area (Å²) >= 11 is 1.30. The van der Waals surface area contributed by atoms with E-state index in [1.54, 1.807) is 73.0 Å². The highest BCUT2D eigenvalue weighted by molar-refractivity contribution is 7.12. The van der Waals surface area contributed by atoms with Gasteiger partial charge in [-0.15, -0.1) is 11.3 Å². The number of rotatable bonds is 7. The average Bonchev–Trinajstić information content (AvgIpc) is 3.46. The fourth-order valence-corrected chi connectivity index (χ4v) is 3.97. The normalized spacial score (nSPS) is 14.3. The van der Waals surface area contributed by atoms with Gasteiger partial charge in [-0.1, -0.05) is 12.1 Å². The number of esters is 1. The number of benzene rings is 2. The van der Waals surface area contributed by atoms with E-state index in [2.05, 4.69) is 5.10 Å². The van der Waals surface area contributed by atoms with Crippen LogP contribution in [-0.2, 0) is 4.79 Å². The van der Waals surface area contributed by atoms with Gasteiger partial charge in [-0.3, -0.25) is 9.59 Å². The lowest BCUT2D eigenvalue weighted by molar-refractivity contribution is -0.114. The Kier molecular flexibility index (Phi) is 6.70. The molecule has 0 unspecified atom stereocenters. The molecule has 2 aromatic carbocycles. The molecular formula is C26H22N2O5S. The number of amides is 1. The van der Waals surface area contributed by atoms with Crippen LogP contribution in [0.2, 0.25) is 0 Å². The third-order valence-corrected chi connectivity index (χ3v) is 5.93. The molecule has 1 amide bonds. The zero-order valence-corrected chi connectivity index (χ0v) is 19.7. The molecular weight excluding hydrogens is 452 g/mol. The second-order valence-electron chi connectivity index (χ2n) is 7.47. The van der Waals surface area contributed by atoms with Gasteiger partial charge in [0.1, 0.15) is 4.88 Å². The third-order valence-electron chi connectivity index (χ3n) is 5.08. The maximum Gasteiger partial charge on any atom is 0.353 e. The smallest absolute Gasteiger partial charge is 0.353 e. The van der Waals surface area contributed by atoms with Gasteiger partial charge in [0.2, 0.25) is 0 Å². The number of hydrogen-bond acceptors (Lipinski definition) is 7. The van der Waals surface area contributed by atoms with Gasteiger partial charge < -0.3 is 9.47 Å². The van der Waals surface area contributed by atoms with Gasteiger partial charge in [0.25, 0.3) is 5.91 Å². The van der Waals surface area contributed by atoms with Crippen molar-refractivity contribution in [1.82, 2.24) is 0 Å². The molecule has 4 rings (SSSR count). The number of ketones is 1. The van der Waals surface area contributed by atoms with E-state index in [4.69, 9.17) is 9.47 Å².